The zero-order valence-electron chi connectivity index (χ0n) is 29.0. The summed E-state index contributed by atoms with van der Waals surface area (Å²) in [6.07, 6.45) is 12.0. The van der Waals surface area contributed by atoms with Crippen molar-refractivity contribution in [2.45, 2.75) is 67.1 Å². The standard InChI is InChI=1S/C39H38F5N5O3S/c1-3-26-29(40)7-4-21-10-24(50)11-27(31(21)26)32-30(53-39(42,43)44)12-28-34(33(32)41)46-36(47-35(28)49-15-22-5-6-23(16-49)45-22)52-20-37(8-9-37)17-48-18-38(19-48)13-25(14-38)51-2/h1,4,7,10-12,22-23,25,45,50H,5-6,8-9,13-20H2,2H3. The molecule has 0 radical (unpaired) electrons. The van der Waals surface area contributed by atoms with E-state index in [4.69, 9.17) is 20.9 Å². The molecule has 2 saturated carbocycles. The third kappa shape index (κ3) is 6.33. The van der Waals surface area contributed by atoms with Crippen LogP contribution in [0.15, 0.2) is 35.2 Å². The lowest BCUT2D eigenvalue weighted by atomic mass is 9.61. The van der Waals surface area contributed by atoms with Gasteiger partial charge in [-0.15, -0.1) is 6.42 Å². The highest BCUT2D eigenvalue weighted by atomic mass is 32.2. The highest BCUT2D eigenvalue weighted by Gasteiger charge is 2.55. The largest absolute Gasteiger partial charge is 0.508 e. The van der Waals surface area contributed by atoms with Crippen LogP contribution in [0.4, 0.5) is 27.8 Å². The molecule has 3 aliphatic heterocycles. The Morgan fingerprint density at radius 1 is 1.08 bits per heavy atom. The number of halogens is 5. The van der Waals surface area contributed by atoms with Crippen molar-refractivity contribution in [3.05, 3.63) is 47.5 Å². The number of nitrogens with zero attached hydrogens (tertiary/aromatic N) is 4. The van der Waals surface area contributed by atoms with Gasteiger partial charge in [0.2, 0.25) is 0 Å². The first-order chi connectivity index (χ1) is 25.3. The number of hydrogen-bond acceptors (Lipinski definition) is 9. The van der Waals surface area contributed by atoms with E-state index in [2.05, 4.69) is 21.1 Å². The molecule has 4 heterocycles. The van der Waals surface area contributed by atoms with Gasteiger partial charge in [0.25, 0.3) is 0 Å². The maximum atomic E-state index is 17.4. The third-order valence-electron chi connectivity index (χ3n) is 11.9. The summed E-state index contributed by atoms with van der Waals surface area (Å²) < 4.78 is 87.0. The fraction of sp³-hybridized carbons (Fsp3) is 0.487. The van der Waals surface area contributed by atoms with E-state index in [1.807, 2.05) is 4.90 Å². The van der Waals surface area contributed by atoms with Gasteiger partial charge in [-0.3, -0.25) is 0 Å². The van der Waals surface area contributed by atoms with Crippen molar-refractivity contribution in [3.63, 3.8) is 0 Å². The van der Waals surface area contributed by atoms with E-state index >= 15 is 8.78 Å². The molecule has 2 atom stereocenters. The van der Waals surface area contributed by atoms with Gasteiger partial charge in [0.15, 0.2) is 5.82 Å². The molecule has 1 aromatic heterocycles. The number of phenolic OH excluding ortho intramolecular Hbond substituents is 1. The smallest absolute Gasteiger partial charge is 0.446 e. The van der Waals surface area contributed by atoms with E-state index in [-0.39, 0.29) is 62.1 Å². The highest BCUT2D eigenvalue weighted by Crippen LogP contribution is 2.54. The number of phenols is 1. The average Bonchev–Trinajstić information content (AvgIpc) is 3.77. The predicted molar refractivity (Wildman–Crippen MR) is 192 cm³/mol. The summed E-state index contributed by atoms with van der Waals surface area (Å²) in [6, 6.07) is 6.33. The van der Waals surface area contributed by atoms with Crippen molar-refractivity contribution in [1.29, 1.82) is 0 Å². The first-order valence-corrected chi connectivity index (χ1v) is 18.8. The summed E-state index contributed by atoms with van der Waals surface area (Å²) in [5.74, 6) is 0.318. The Morgan fingerprint density at radius 3 is 2.47 bits per heavy atom. The Balaban J connectivity index is 1.14. The van der Waals surface area contributed by atoms with Crippen LogP contribution in [-0.2, 0) is 4.74 Å². The zero-order chi connectivity index (χ0) is 36.9. The van der Waals surface area contributed by atoms with Crippen molar-refractivity contribution in [2.75, 3.05) is 51.3 Å². The Kier molecular flexibility index (Phi) is 8.27. The zero-order valence-corrected chi connectivity index (χ0v) is 29.8. The minimum Gasteiger partial charge on any atom is -0.508 e. The summed E-state index contributed by atoms with van der Waals surface area (Å²) in [5.41, 5.74) is -5.75. The van der Waals surface area contributed by atoms with Crippen molar-refractivity contribution in [3.8, 4) is 35.2 Å². The van der Waals surface area contributed by atoms with E-state index in [1.54, 1.807) is 7.11 Å². The molecule has 1 spiro atoms. The molecule has 2 bridgehead atoms. The summed E-state index contributed by atoms with van der Waals surface area (Å²) in [5, 5.41) is 14.6. The summed E-state index contributed by atoms with van der Waals surface area (Å²) in [4.78, 5) is 13.2. The minimum absolute atomic E-state index is 0.0000914. The normalized spacial score (nSPS) is 23.3. The van der Waals surface area contributed by atoms with Crippen LogP contribution < -0.4 is 15.0 Å². The van der Waals surface area contributed by atoms with Crippen LogP contribution in [-0.4, -0.2) is 90.1 Å². The van der Waals surface area contributed by atoms with Gasteiger partial charge in [0.1, 0.15) is 22.9 Å². The van der Waals surface area contributed by atoms with Crippen LogP contribution in [0.25, 0.3) is 32.8 Å². The second-order valence-electron chi connectivity index (χ2n) is 15.7. The fourth-order valence-electron chi connectivity index (χ4n) is 9.22. The Hall–Kier alpha value is -3.90. The van der Waals surface area contributed by atoms with Gasteiger partial charge in [0, 0.05) is 84.0 Å². The molecule has 5 aliphatic rings. The van der Waals surface area contributed by atoms with E-state index < -0.39 is 39.4 Å². The quantitative estimate of drug-likeness (QED) is 0.105. The van der Waals surface area contributed by atoms with Gasteiger partial charge in [-0.1, -0.05) is 12.0 Å². The van der Waals surface area contributed by atoms with Crippen molar-refractivity contribution < 1.29 is 36.5 Å². The number of aromatic nitrogens is 2. The fourth-order valence-corrected chi connectivity index (χ4v) is 9.95. The molecular formula is C39H38F5N5O3S. The van der Waals surface area contributed by atoms with Gasteiger partial charge in [-0.25, -0.2) is 8.78 Å². The lowest BCUT2D eigenvalue weighted by Gasteiger charge is -2.59. The Morgan fingerprint density at radius 2 is 1.81 bits per heavy atom. The highest BCUT2D eigenvalue weighted by molar-refractivity contribution is 8.00. The van der Waals surface area contributed by atoms with Gasteiger partial charge in [-0.2, -0.15) is 23.1 Å². The van der Waals surface area contributed by atoms with E-state index in [9.17, 15) is 18.3 Å². The van der Waals surface area contributed by atoms with Crippen LogP contribution >= 0.6 is 11.8 Å². The SMILES string of the molecule is C#Cc1c(F)ccc2cc(O)cc(-c3c(SC(F)(F)F)cc4c(N5CC6CCC(C5)N6)nc(OCC5(CN6CC7(CC(OC)C7)C6)CC5)nc4c3F)c12. The molecule has 4 aromatic rings. The number of alkyl halides is 3. The third-order valence-corrected chi connectivity index (χ3v) is 12.6. The summed E-state index contributed by atoms with van der Waals surface area (Å²) in [7, 11) is 1.76. The van der Waals surface area contributed by atoms with Crippen molar-refractivity contribution in [2.24, 2.45) is 10.8 Å². The van der Waals surface area contributed by atoms with Gasteiger partial charge < -0.3 is 29.7 Å². The van der Waals surface area contributed by atoms with E-state index in [0.717, 1.165) is 70.3 Å². The molecule has 3 saturated heterocycles. The lowest BCUT2D eigenvalue weighted by molar-refractivity contribution is -0.145. The number of likely N-dealkylation sites (tertiary alicyclic amines) is 1. The number of benzene rings is 3. The van der Waals surface area contributed by atoms with Crippen LogP contribution in [0.5, 0.6) is 11.8 Å². The first kappa shape index (κ1) is 34.8. The summed E-state index contributed by atoms with van der Waals surface area (Å²) in [6.45, 7) is 4.28. The van der Waals surface area contributed by atoms with Gasteiger partial charge >= 0.3 is 11.5 Å². The number of ether oxygens (including phenoxy) is 2. The molecule has 14 heteroatoms. The van der Waals surface area contributed by atoms with Gasteiger partial charge in [-0.05, 0) is 85.5 Å². The molecule has 2 aliphatic carbocycles. The number of piperazine rings is 1. The van der Waals surface area contributed by atoms with Crippen LogP contribution in [0.1, 0.15) is 44.1 Å². The molecule has 0 amide bonds. The number of aromatic hydroxyl groups is 1. The van der Waals surface area contributed by atoms with E-state index in [0.29, 0.717) is 37.0 Å². The number of nitrogens with one attached hydrogen (secondary N) is 1. The number of anilines is 1. The topological polar surface area (TPSA) is 83.0 Å². The monoisotopic (exact) mass is 751 g/mol. The summed E-state index contributed by atoms with van der Waals surface area (Å²) >= 11 is -0.498. The average molecular weight is 752 g/mol. The second kappa shape index (κ2) is 12.6. The number of rotatable bonds is 9. The van der Waals surface area contributed by atoms with Crippen LogP contribution in [0, 0.1) is 34.8 Å². The Labute approximate surface area is 307 Å². The lowest BCUT2D eigenvalue weighted by Crippen LogP contribution is -2.64. The number of hydrogen-bond donors (Lipinski definition) is 2. The molecule has 2 N–H and O–H groups in total. The minimum atomic E-state index is -4.82. The number of methoxy groups -OCH3 is 1. The van der Waals surface area contributed by atoms with Crippen molar-refractivity contribution >= 4 is 39.3 Å². The molecule has 53 heavy (non-hydrogen) atoms. The molecule has 5 fully saturated rings. The van der Waals surface area contributed by atoms with E-state index in [1.165, 1.54) is 18.2 Å². The first-order valence-electron chi connectivity index (χ1n) is 17.9. The number of fused-ring (bicyclic) bond motifs is 4. The second-order valence-corrected chi connectivity index (χ2v) is 16.8. The maximum absolute atomic E-state index is 17.4. The molecule has 2 unspecified atom stereocenters. The number of thioether (sulfide) groups is 1. The van der Waals surface area contributed by atoms with Crippen LogP contribution in [0.2, 0.25) is 0 Å². The predicted octanol–water partition coefficient (Wildman–Crippen LogP) is 7.24. The maximum Gasteiger partial charge on any atom is 0.446 e. The molecule has 9 rings (SSSR count). The molecule has 278 valence electrons. The van der Waals surface area contributed by atoms with Gasteiger partial charge in [0.05, 0.1) is 18.3 Å². The Bertz CT molecular complexity index is 2160. The number of terminal acetylenes is 1. The van der Waals surface area contributed by atoms with Crippen LogP contribution in [0.3, 0.4) is 0 Å². The van der Waals surface area contributed by atoms with Crippen molar-refractivity contribution in [1.82, 2.24) is 20.2 Å². The molecular weight excluding hydrogens is 714 g/mol. The molecule has 8 nitrogen and oxygen atoms in total. The molecule has 3 aromatic carbocycles.